The van der Waals surface area contributed by atoms with E-state index in [1.54, 1.807) is 13.0 Å². The van der Waals surface area contributed by atoms with E-state index in [1.165, 1.54) is 17.5 Å². The zero-order chi connectivity index (χ0) is 21.8. The second-order valence-corrected chi connectivity index (χ2v) is 8.96. The summed E-state index contributed by atoms with van der Waals surface area (Å²) in [5, 5.41) is 3.03. The molecule has 1 fully saturated rings. The minimum absolute atomic E-state index is 0.113. The van der Waals surface area contributed by atoms with E-state index in [9.17, 15) is 9.59 Å². The van der Waals surface area contributed by atoms with Gasteiger partial charge in [-0.2, -0.15) is 0 Å². The highest BCUT2D eigenvalue weighted by atomic mass is 16.2. The van der Waals surface area contributed by atoms with Gasteiger partial charge in [0.25, 0.3) is 5.91 Å². The molecule has 0 radical (unpaired) electrons. The fourth-order valence-electron chi connectivity index (χ4n) is 4.46. The van der Waals surface area contributed by atoms with Gasteiger partial charge in [-0.25, -0.2) is 9.97 Å². The molecule has 7 nitrogen and oxygen atoms in total. The van der Waals surface area contributed by atoms with Crippen molar-refractivity contribution in [2.45, 2.75) is 33.2 Å². The predicted molar refractivity (Wildman–Crippen MR) is 118 cm³/mol. The van der Waals surface area contributed by atoms with Gasteiger partial charge in [0.15, 0.2) is 0 Å². The molecule has 0 bridgehead atoms. The molecule has 2 aliphatic heterocycles. The molecular formula is C24H31N5O2. The highest BCUT2D eigenvalue weighted by molar-refractivity contribution is 5.92. The number of likely N-dealkylation sites (tertiary alicyclic amines) is 1. The van der Waals surface area contributed by atoms with Gasteiger partial charge >= 0.3 is 0 Å². The molecule has 1 aromatic heterocycles. The molecule has 4 rings (SSSR count). The van der Waals surface area contributed by atoms with E-state index in [2.05, 4.69) is 51.4 Å². The number of fused-ring (bicyclic) bond motifs is 1. The summed E-state index contributed by atoms with van der Waals surface area (Å²) in [5.74, 6) is 0.716. The molecule has 2 aliphatic rings. The van der Waals surface area contributed by atoms with Gasteiger partial charge in [0, 0.05) is 51.9 Å². The second-order valence-electron chi connectivity index (χ2n) is 8.96. The normalized spacial score (nSPS) is 17.5. The van der Waals surface area contributed by atoms with Gasteiger partial charge in [0.05, 0.1) is 0 Å². The SMILES string of the molecule is CC(=O)N1CC(Cc2cc(C(=O)NCC(C)CN3CCc4ccccc4C3)ncn2)C1. The predicted octanol–water partition coefficient (Wildman–Crippen LogP) is 1.92. The molecule has 2 aromatic rings. The molecule has 1 N–H and O–H groups in total. The number of hydrogen-bond acceptors (Lipinski definition) is 5. The largest absolute Gasteiger partial charge is 0.350 e. The van der Waals surface area contributed by atoms with Crippen LogP contribution in [0.4, 0.5) is 0 Å². The third-order valence-corrected chi connectivity index (χ3v) is 6.25. The first-order chi connectivity index (χ1) is 15.0. The van der Waals surface area contributed by atoms with E-state index in [0.29, 0.717) is 24.1 Å². The molecule has 1 unspecified atom stereocenters. The molecular weight excluding hydrogens is 390 g/mol. The fourth-order valence-corrected chi connectivity index (χ4v) is 4.46. The van der Waals surface area contributed by atoms with Crippen molar-refractivity contribution in [3.05, 3.63) is 59.2 Å². The quantitative estimate of drug-likeness (QED) is 0.739. The molecule has 164 valence electrons. The molecule has 1 saturated heterocycles. The lowest BCUT2D eigenvalue weighted by molar-refractivity contribution is -0.134. The highest BCUT2D eigenvalue weighted by Gasteiger charge is 2.29. The third kappa shape index (κ3) is 5.47. The Morgan fingerprint density at radius 1 is 1.19 bits per heavy atom. The summed E-state index contributed by atoms with van der Waals surface area (Å²) in [5.41, 5.74) is 4.13. The number of benzene rings is 1. The van der Waals surface area contributed by atoms with Gasteiger partial charge in [-0.15, -0.1) is 0 Å². The first-order valence-corrected chi connectivity index (χ1v) is 11.1. The minimum Gasteiger partial charge on any atom is -0.350 e. The van der Waals surface area contributed by atoms with Gasteiger partial charge < -0.3 is 10.2 Å². The van der Waals surface area contributed by atoms with Crippen LogP contribution >= 0.6 is 0 Å². The number of rotatable bonds is 7. The summed E-state index contributed by atoms with van der Waals surface area (Å²) in [7, 11) is 0. The Morgan fingerprint density at radius 3 is 2.74 bits per heavy atom. The fraction of sp³-hybridized carbons (Fsp3) is 0.500. The number of hydrogen-bond donors (Lipinski definition) is 1. The Labute approximate surface area is 183 Å². The zero-order valence-electron chi connectivity index (χ0n) is 18.4. The monoisotopic (exact) mass is 421 g/mol. The lowest BCUT2D eigenvalue weighted by Gasteiger charge is -2.38. The minimum atomic E-state index is -0.154. The first kappa shape index (κ1) is 21.4. The van der Waals surface area contributed by atoms with E-state index < -0.39 is 0 Å². The number of carbonyl (C=O) groups is 2. The zero-order valence-corrected chi connectivity index (χ0v) is 18.4. The Hall–Kier alpha value is -2.80. The van der Waals surface area contributed by atoms with E-state index in [1.807, 2.05) is 4.90 Å². The molecule has 0 saturated carbocycles. The van der Waals surface area contributed by atoms with Crippen molar-refractivity contribution < 1.29 is 9.59 Å². The molecule has 1 atom stereocenters. The summed E-state index contributed by atoms with van der Waals surface area (Å²) in [4.78, 5) is 36.7. The summed E-state index contributed by atoms with van der Waals surface area (Å²) in [6.45, 7) is 8.90. The van der Waals surface area contributed by atoms with Crippen molar-refractivity contribution in [3.8, 4) is 0 Å². The maximum Gasteiger partial charge on any atom is 0.270 e. The molecule has 0 spiro atoms. The van der Waals surface area contributed by atoms with Gasteiger partial charge in [-0.05, 0) is 41.9 Å². The van der Waals surface area contributed by atoms with Gasteiger partial charge in [-0.3, -0.25) is 14.5 Å². The average molecular weight is 422 g/mol. The Bertz CT molecular complexity index is 941. The number of nitrogens with zero attached hydrogens (tertiary/aromatic N) is 4. The van der Waals surface area contributed by atoms with Crippen molar-refractivity contribution in [2.24, 2.45) is 11.8 Å². The maximum absolute atomic E-state index is 12.6. The Kier molecular flexibility index (Phi) is 6.61. The summed E-state index contributed by atoms with van der Waals surface area (Å²) in [6, 6.07) is 10.4. The average Bonchev–Trinajstić information content (AvgIpc) is 2.74. The number of carbonyl (C=O) groups excluding carboxylic acids is 2. The van der Waals surface area contributed by atoms with Crippen LogP contribution in [-0.4, -0.2) is 64.3 Å². The smallest absolute Gasteiger partial charge is 0.270 e. The van der Waals surface area contributed by atoms with Crippen LogP contribution in [0.3, 0.4) is 0 Å². The number of amides is 2. The van der Waals surface area contributed by atoms with E-state index in [4.69, 9.17) is 0 Å². The van der Waals surface area contributed by atoms with Crippen LogP contribution < -0.4 is 5.32 Å². The van der Waals surface area contributed by atoms with E-state index >= 15 is 0 Å². The number of aromatic nitrogens is 2. The summed E-state index contributed by atoms with van der Waals surface area (Å²) < 4.78 is 0. The van der Waals surface area contributed by atoms with Crippen LogP contribution in [-0.2, 0) is 24.2 Å². The summed E-state index contributed by atoms with van der Waals surface area (Å²) in [6.07, 6.45) is 3.31. The van der Waals surface area contributed by atoms with Crippen molar-refractivity contribution in [1.82, 2.24) is 25.1 Å². The molecule has 31 heavy (non-hydrogen) atoms. The Morgan fingerprint density at radius 2 is 1.97 bits per heavy atom. The van der Waals surface area contributed by atoms with Crippen LogP contribution in [0.5, 0.6) is 0 Å². The molecule has 0 aliphatic carbocycles. The Balaban J connectivity index is 1.23. The molecule has 1 aromatic carbocycles. The van der Waals surface area contributed by atoms with Gasteiger partial charge in [-0.1, -0.05) is 31.2 Å². The number of nitrogens with one attached hydrogen (secondary N) is 1. The van der Waals surface area contributed by atoms with E-state index in [0.717, 1.165) is 51.3 Å². The molecule has 2 amide bonds. The topological polar surface area (TPSA) is 78.4 Å². The van der Waals surface area contributed by atoms with Crippen LogP contribution in [0.1, 0.15) is 41.2 Å². The second kappa shape index (κ2) is 9.56. The van der Waals surface area contributed by atoms with Crippen molar-refractivity contribution in [2.75, 3.05) is 32.7 Å². The van der Waals surface area contributed by atoms with Crippen LogP contribution in [0.2, 0.25) is 0 Å². The van der Waals surface area contributed by atoms with Gasteiger partial charge in [0.2, 0.25) is 5.91 Å². The van der Waals surface area contributed by atoms with Crippen molar-refractivity contribution >= 4 is 11.8 Å². The van der Waals surface area contributed by atoms with Crippen molar-refractivity contribution in [3.63, 3.8) is 0 Å². The third-order valence-electron chi connectivity index (χ3n) is 6.25. The first-order valence-electron chi connectivity index (χ1n) is 11.1. The molecule has 7 heteroatoms. The standard InChI is InChI=1S/C24H31N5O2/c1-17(12-28-8-7-20-5-3-4-6-21(20)15-28)11-25-24(31)23-10-22(26-16-27-23)9-19-13-29(14-19)18(2)30/h3-6,10,16-17,19H,7-9,11-15H2,1-2H3,(H,25,31). The lowest BCUT2D eigenvalue weighted by Crippen LogP contribution is -2.49. The van der Waals surface area contributed by atoms with Gasteiger partial charge in [0.1, 0.15) is 12.0 Å². The van der Waals surface area contributed by atoms with Crippen LogP contribution in [0.25, 0.3) is 0 Å². The molecule has 3 heterocycles. The maximum atomic E-state index is 12.6. The lowest BCUT2D eigenvalue weighted by atomic mass is 9.94. The summed E-state index contributed by atoms with van der Waals surface area (Å²) >= 11 is 0. The van der Waals surface area contributed by atoms with Crippen molar-refractivity contribution in [1.29, 1.82) is 0 Å². The van der Waals surface area contributed by atoms with E-state index in [-0.39, 0.29) is 11.8 Å². The van der Waals surface area contributed by atoms with Crippen LogP contribution in [0.15, 0.2) is 36.7 Å². The highest BCUT2D eigenvalue weighted by Crippen LogP contribution is 2.20. The van der Waals surface area contributed by atoms with Crippen LogP contribution in [0, 0.1) is 11.8 Å².